The standard InChI is InChI=1S/C30H34Cl3N3O6S/c1-6-26(30(38)34-19(2)3)35(17-20-7-8-22(32)15-25(20)33)29(37)18-36(23-11-9-21(31)10-12-23)43(39,40)24-13-14-27(41-4)28(16-24)42-5/h7-16,19,26H,6,17-18H2,1-5H3,(H,34,38)/t26-/m0/s1. The Kier molecular flexibility index (Phi) is 12.0. The molecule has 0 fully saturated rings. The van der Waals surface area contributed by atoms with E-state index in [9.17, 15) is 18.0 Å². The van der Waals surface area contributed by atoms with Gasteiger partial charge in [-0.2, -0.15) is 0 Å². The number of hydrogen-bond donors (Lipinski definition) is 1. The molecule has 2 amide bonds. The average Bonchev–Trinajstić information content (AvgIpc) is 2.96. The fraction of sp³-hybridized carbons (Fsp3) is 0.333. The lowest BCUT2D eigenvalue weighted by atomic mass is 10.1. The molecule has 3 aromatic rings. The Morgan fingerprint density at radius 3 is 2.07 bits per heavy atom. The van der Waals surface area contributed by atoms with Gasteiger partial charge < -0.3 is 19.7 Å². The summed E-state index contributed by atoms with van der Waals surface area (Å²) < 4.78 is 39.8. The third-order valence-corrected chi connectivity index (χ3v) is 9.12. The predicted octanol–water partition coefficient (Wildman–Crippen LogP) is 6.19. The lowest BCUT2D eigenvalue weighted by molar-refractivity contribution is -0.140. The number of carbonyl (C=O) groups is 2. The molecule has 0 saturated carbocycles. The molecule has 3 aromatic carbocycles. The van der Waals surface area contributed by atoms with Gasteiger partial charge in [-0.15, -0.1) is 0 Å². The second-order valence-electron chi connectivity index (χ2n) is 9.85. The topological polar surface area (TPSA) is 105 Å². The zero-order valence-electron chi connectivity index (χ0n) is 24.4. The van der Waals surface area contributed by atoms with E-state index in [1.807, 2.05) is 13.8 Å². The van der Waals surface area contributed by atoms with Crippen LogP contribution in [0.15, 0.2) is 65.6 Å². The Morgan fingerprint density at radius 1 is 0.884 bits per heavy atom. The number of methoxy groups -OCH3 is 2. The number of nitrogens with one attached hydrogen (secondary N) is 1. The molecule has 43 heavy (non-hydrogen) atoms. The van der Waals surface area contributed by atoms with Gasteiger partial charge in [-0.05, 0) is 74.4 Å². The summed E-state index contributed by atoms with van der Waals surface area (Å²) in [5, 5.41) is 3.94. The SMILES string of the molecule is CC[C@@H](C(=O)NC(C)C)N(Cc1ccc(Cl)cc1Cl)C(=O)CN(c1ccc(Cl)cc1)S(=O)(=O)c1ccc(OC)c(OC)c1. The maximum atomic E-state index is 14.2. The van der Waals surface area contributed by atoms with E-state index in [4.69, 9.17) is 44.3 Å². The van der Waals surface area contributed by atoms with Crippen molar-refractivity contribution in [3.8, 4) is 11.5 Å². The number of halogens is 3. The Bertz CT molecular complexity index is 1550. The van der Waals surface area contributed by atoms with Crippen LogP contribution in [0.25, 0.3) is 0 Å². The van der Waals surface area contributed by atoms with E-state index in [1.165, 1.54) is 67.7 Å². The van der Waals surface area contributed by atoms with Crippen LogP contribution in [0.4, 0.5) is 5.69 Å². The number of amides is 2. The first-order chi connectivity index (χ1) is 20.3. The van der Waals surface area contributed by atoms with Crippen LogP contribution in [0.3, 0.4) is 0 Å². The van der Waals surface area contributed by atoms with Crippen molar-refractivity contribution < 1.29 is 27.5 Å². The first-order valence-corrected chi connectivity index (χ1v) is 15.9. The second kappa shape index (κ2) is 15.0. The third kappa shape index (κ3) is 8.47. The van der Waals surface area contributed by atoms with Gasteiger partial charge in [-0.1, -0.05) is 47.8 Å². The van der Waals surface area contributed by atoms with Crippen molar-refractivity contribution in [2.45, 2.75) is 50.7 Å². The van der Waals surface area contributed by atoms with Gasteiger partial charge in [-0.25, -0.2) is 8.42 Å². The molecule has 0 radical (unpaired) electrons. The molecule has 0 bridgehead atoms. The van der Waals surface area contributed by atoms with Gasteiger partial charge in [0.25, 0.3) is 10.0 Å². The summed E-state index contributed by atoms with van der Waals surface area (Å²) in [6.45, 7) is 4.69. The fourth-order valence-corrected chi connectivity index (χ4v) is 6.40. The zero-order chi connectivity index (χ0) is 31.9. The fourth-order valence-electron chi connectivity index (χ4n) is 4.37. The summed E-state index contributed by atoms with van der Waals surface area (Å²) >= 11 is 18.6. The molecule has 0 heterocycles. The quantitative estimate of drug-likeness (QED) is 0.233. The number of anilines is 1. The van der Waals surface area contributed by atoms with E-state index in [1.54, 1.807) is 19.1 Å². The van der Waals surface area contributed by atoms with Gasteiger partial charge in [-0.3, -0.25) is 13.9 Å². The highest BCUT2D eigenvalue weighted by Gasteiger charge is 2.34. The van der Waals surface area contributed by atoms with Gasteiger partial charge >= 0.3 is 0 Å². The molecule has 1 atom stereocenters. The largest absolute Gasteiger partial charge is 0.493 e. The van der Waals surface area contributed by atoms with Crippen LogP contribution in [-0.2, 0) is 26.2 Å². The number of hydrogen-bond acceptors (Lipinski definition) is 6. The lowest BCUT2D eigenvalue weighted by Gasteiger charge is -2.33. The van der Waals surface area contributed by atoms with Crippen LogP contribution in [-0.4, -0.2) is 58.0 Å². The highest BCUT2D eigenvalue weighted by Crippen LogP contribution is 2.33. The molecule has 9 nitrogen and oxygen atoms in total. The van der Waals surface area contributed by atoms with E-state index in [2.05, 4.69) is 5.32 Å². The van der Waals surface area contributed by atoms with Gasteiger partial charge in [0.05, 0.1) is 24.8 Å². The van der Waals surface area contributed by atoms with Crippen LogP contribution >= 0.6 is 34.8 Å². The van der Waals surface area contributed by atoms with Crippen LogP contribution in [0, 0.1) is 0 Å². The Hall–Kier alpha value is -3.18. The number of sulfonamides is 1. The van der Waals surface area contributed by atoms with Crippen molar-refractivity contribution in [3.63, 3.8) is 0 Å². The minimum Gasteiger partial charge on any atom is -0.493 e. The molecule has 0 spiro atoms. The van der Waals surface area contributed by atoms with Crippen molar-refractivity contribution in [2.24, 2.45) is 0 Å². The number of ether oxygens (including phenoxy) is 2. The lowest BCUT2D eigenvalue weighted by Crippen LogP contribution is -2.53. The Morgan fingerprint density at radius 2 is 1.51 bits per heavy atom. The molecule has 232 valence electrons. The first kappa shape index (κ1) is 34.3. The summed E-state index contributed by atoms with van der Waals surface area (Å²) in [6.07, 6.45) is 0.263. The minimum absolute atomic E-state index is 0.0658. The smallest absolute Gasteiger partial charge is 0.264 e. The molecule has 0 aliphatic heterocycles. The van der Waals surface area contributed by atoms with E-state index >= 15 is 0 Å². The Balaban J connectivity index is 2.12. The molecule has 0 aliphatic rings. The molecule has 0 aliphatic carbocycles. The van der Waals surface area contributed by atoms with E-state index < -0.39 is 28.5 Å². The number of carbonyl (C=O) groups excluding carboxylic acids is 2. The maximum absolute atomic E-state index is 14.2. The van der Waals surface area contributed by atoms with Crippen molar-refractivity contribution in [3.05, 3.63) is 81.3 Å². The van der Waals surface area contributed by atoms with Crippen LogP contribution in [0.5, 0.6) is 11.5 Å². The van der Waals surface area contributed by atoms with Crippen molar-refractivity contribution in [1.82, 2.24) is 10.2 Å². The van der Waals surface area contributed by atoms with E-state index in [0.717, 1.165) is 4.31 Å². The van der Waals surface area contributed by atoms with Crippen molar-refractivity contribution >= 4 is 62.3 Å². The summed E-state index contributed by atoms with van der Waals surface area (Å²) in [5.41, 5.74) is 0.729. The monoisotopic (exact) mass is 669 g/mol. The normalized spacial score (nSPS) is 12.0. The molecule has 0 saturated heterocycles. The minimum atomic E-state index is -4.35. The van der Waals surface area contributed by atoms with Crippen LogP contribution in [0.2, 0.25) is 15.1 Å². The summed E-state index contributed by atoms with van der Waals surface area (Å²) in [6, 6.07) is 13.9. The summed E-state index contributed by atoms with van der Waals surface area (Å²) in [7, 11) is -1.52. The molecular formula is C30H34Cl3N3O6S. The summed E-state index contributed by atoms with van der Waals surface area (Å²) in [5.74, 6) is -0.475. The second-order valence-corrected chi connectivity index (χ2v) is 13.0. The number of rotatable bonds is 13. The van der Waals surface area contributed by atoms with Crippen LogP contribution in [0.1, 0.15) is 32.8 Å². The van der Waals surface area contributed by atoms with Crippen molar-refractivity contribution in [1.29, 1.82) is 0 Å². The van der Waals surface area contributed by atoms with Gasteiger partial charge in [0.1, 0.15) is 12.6 Å². The molecule has 3 rings (SSSR count). The molecular weight excluding hydrogens is 637 g/mol. The molecule has 1 N–H and O–H groups in total. The van der Waals surface area contributed by atoms with Gasteiger partial charge in [0, 0.05) is 33.7 Å². The number of nitrogens with zero attached hydrogens (tertiary/aromatic N) is 2. The first-order valence-electron chi connectivity index (χ1n) is 13.4. The highest BCUT2D eigenvalue weighted by atomic mass is 35.5. The number of benzene rings is 3. The average molecular weight is 671 g/mol. The highest BCUT2D eigenvalue weighted by molar-refractivity contribution is 7.92. The van der Waals surface area contributed by atoms with Crippen molar-refractivity contribution in [2.75, 3.05) is 25.1 Å². The third-order valence-electron chi connectivity index (χ3n) is 6.51. The van der Waals surface area contributed by atoms with E-state index in [-0.39, 0.29) is 41.2 Å². The van der Waals surface area contributed by atoms with Gasteiger partial charge in [0.15, 0.2) is 11.5 Å². The maximum Gasteiger partial charge on any atom is 0.264 e. The summed E-state index contributed by atoms with van der Waals surface area (Å²) in [4.78, 5) is 28.6. The molecule has 0 unspecified atom stereocenters. The van der Waals surface area contributed by atoms with E-state index in [0.29, 0.717) is 26.4 Å². The molecule has 0 aromatic heterocycles. The zero-order valence-corrected chi connectivity index (χ0v) is 27.5. The van der Waals surface area contributed by atoms with Gasteiger partial charge in [0.2, 0.25) is 11.8 Å². The predicted molar refractivity (Wildman–Crippen MR) is 170 cm³/mol. The Labute approximate surface area is 267 Å². The molecule has 13 heteroatoms. The van der Waals surface area contributed by atoms with Crippen LogP contribution < -0.4 is 19.1 Å².